The predicted octanol–water partition coefficient (Wildman–Crippen LogP) is 2.26. The van der Waals surface area contributed by atoms with Crippen LogP contribution in [-0.2, 0) is 0 Å². The van der Waals surface area contributed by atoms with Crippen molar-refractivity contribution in [2.45, 2.75) is 16.9 Å². The van der Waals surface area contributed by atoms with E-state index in [0.29, 0.717) is 0 Å². The third-order valence-corrected chi connectivity index (χ3v) is 1.21. The maximum atomic E-state index is 11.5. The van der Waals surface area contributed by atoms with Crippen LogP contribution in [0.4, 0.5) is 30.7 Å². The van der Waals surface area contributed by atoms with Gasteiger partial charge in [-0.3, -0.25) is 0 Å². The van der Waals surface area contributed by atoms with Crippen LogP contribution < -0.4 is 0 Å². The molecule has 0 aliphatic rings. The molecule has 0 saturated heterocycles. The van der Waals surface area contributed by atoms with Crippen LogP contribution in [-0.4, -0.2) is 40.0 Å². The number of rotatable bonds is 1. The normalized spacial score (nSPS) is 14.0. The Bertz CT molecular complexity index is 130. The Labute approximate surface area is 86.8 Å². The first-order valence-electron chi connectivity index (χ1n) is 2.01. The quantitative estimate of drug-likeness (QED) is 0.391. The average molecular weight is 275 g/mol. The zero-order chi connectivity index (χ0) is 9.50. The molecule has 0 bridgehead atoms. The van der Waals surface area contributed by atoms with Crippen molar-refractivity contribution >= 4 is 39.0 Å². The Kier molecular flexibility index (Phi) is 4.91. The molecule has 0 N–H and O–H groups in total. The van der Waals surface area contributed by atoms with Crippen LogP contribution in [0, 0.1) is 0 Å². The lowest BCUT2D eigenvalue weighted by atomic mass is 10.3. The summed E-state index contributed by atoms with van der Waals surface area (Å²) in [4.78, 5) is -5.27. The highest BCUT2D eigenvalue weighted by atomic mass is 79.9. The molecule has 9 heteroatoms. The molecule has 0 amide bonds. The molecule has 0 fully saturated rings. The first-order valence-corrected chi connectivity index (χ1v) is 2.80. The lowest BCUT2D eigenvalue weighted by Crippen LogP contribution is -2.48. The second-order valence-electron chi connectivity index (χ2n) is 1.57. The molecule has 12 heavy (non-hydrogen) atoms. The fourth-order valence-electron chi connectivity index (χ4n) is 0.161. The van der Waals surface area contributed by atoms with Gasteiger partial charge in [-0.05, 0) is 15.9 Å². The SMILES string of the molecule is FC(F)(F)C(F)(F)C(F)(F)Br.[MgH2]. The molecule has 0 aromatic heterocycles. The van der Waals surface area contributed by atoms with E-state index in [0.717, 1.165) is 15.9 Å². The van der Waals surface area contributed by atoms with Gasteiger partial charge in [0.25, 0.3) is 0 Å². The van der Waals surface area contributed by atoms with Crippen molar-refractivity contribution in [1.29, 1.82) is 0 Å². The highest BCUT2D eigenvalue weighted by molar-refractivity contribution is 9.10. The lowest BCUT2D eigenvalue weighted by molar-refractivity contribution is -0.328. The highest BCUT2D eigenvalue weighted by Crippen LogP contribution is 2.49. The molecule has 0 nitrogen and oxygen atoms in total. The van der Waals surface area contributed by atoms with Gasteiger partial charge in [-0.2, -0.15) is 30.7 Å². The summed E-state index contributed by atoms with van der Waals surface area (Å²) in [6, 6.07) is 0. The van der Waals surface area contributed by atoms with Crippen molar-refractivity contribution in [1.82, 2.24) is 0 Å². The Morgan fingerprint density at radius 3 is 1.00 bits per heavy atom. The van der Waals surface area contributed by atoms with Crippen LogP contribution in [0.1, 0.15) is 0 Å². The third-order valence-electron chi connectivity index (χ3n) is 0.712. The van der Waals surface area contributed by atoms with E-state index < -0.39 is 16.9 Å². The fourth-order valence-corrected chi connectivity index (χ4v) is 0.386. The summed E-state index contributed by atoms with van der Waals surface area (Å²) in [7, 11) is 0. The monoisotopic (exact) mass is 274 g/mol. The maximum Gasteiger partial charge on any atom is 0.460 e. The molecule has 0 unspecified atom stereocenters. The van der Waals surface area contributed by atoms with Gasteiger partial charge in [0.15, 0.2) is 0 Å². The van der Waals surface area contributed by atoms with Crippen molar-refractivity contribution < 1.29 is 30.7 Å². The van der Waals surface area contributed by atoms with Gasteiger partial charge in [0.2, 0.25) is 0 Å². The van der Waals surface area contributed by atoms with E-state index >= 15 is 0 Å². The zero-order valence-electron chi connectivity index (χ0n) is 4.52. The predicted molar refractivity (Wildman–Crippen MR) is 33.4 cm³/mol. The molecule has 0 spiro atoms. The second-order valence-corrected chi connectivity index (χ2v) is 2.57. The van der Waals surface area contributed by atoms with Crippen molar-refractivity contribution in [3.05, 3.63) is 0 Å². The minimum Gasteiger partial charge on any atom is -0.188 e. The van der Waals surface area contributed by atoms with Crippen LogP contribution in [0.3, 0.4) is 0 Å². The highest BCUT2D eigenvalue weighted by Gasteiger charge is 2.72. The van der Waals surface area contributed by atoms with Gasteiger partial charge in [0.1, 0.15) is 0 Å². The fraction of sp³-hybridized carbons (Fsp3) is 1.00. The topological polar surface area (TPSA) is 0 Å². The van der Waals surface area contributed by atoms with Crippen LogP contribution >= 0.6 is 15.9 Å². The minimum atomic E-state index is -6.25. The summed E-state index contributed by atoms with van der Waals surface area (Å²) in [6.07, 6.45) is -6.25. The molecular weight excluding hydrogens is 273 g/mol. The van der Waals surface area contributed by atoms with E-state index in [9.17, 15) is 30.7 Å². The number of hydrogen-bond acceptors (Lipinski definition) is 0. The third kappa shape index (κ3) is 2.91. The zero-order valence-corrected chi connectivity index (χ0v) is 6.11. The lowest BCUT2D eigenvalue weighted by Gasteiger charge is -2.23. The van der Waals surface area contributed by atoms with E-state index in [2.05, 4.69) is 0 Å². The Hall–Kier alpha value is 0.756. The Morgan fingerprint density at radius 2 is 1.00 bits per heavy atom. The standard InChI is InChI=1S/C3BrF7.Mg.2H/c4-2(7,8)1(5,6)3(9,10)11;;;. The molecule has 0 rings (SSSR count). The molecule has 0 heterocycles. The average Bonchev–Trinajstić information content (AvgIpc) is 1.58. The second kappa shape index (κ2) is 3.87. The van der Waals surface area contributed by atoms with Gasteiger partial charge >= 0.3 is 40.0 Å². The molecule has 0 radical (unpaired) electrons. The first-order chi connectivity index (χ1) is 4.50. The maximum absolute atomic E-state index is 11.5. The summed E-state index contributed by atoms with van der Waals surface area (Å²) in [5, 5.41) is 0. The van der Waals surface area contributed by atoms with Crippen molar-refractivity contribution in [2.75, 3.05) is 0 Å². The molecule has 0 aromatic carbocycles. The van der Waals surface area contributed by atoms with E-state index in [-0.39, 0.29) is 23.1 Å². The van der Waals surface area contributed by atoms with Crippen LogP contribution in [0.5, 0.6) is 0 Å². The van der Waals surface area contributed by atoms with Gasteiger partial charge in [-0.25, -0.2) is 0 Å². The van der Waals surface area contributed by atoms with Gasteiger partial charge in [-0.15, -0.1) is 0 Å². The molecule has 0 aliphatic heterocycles. The number of halogens is 8. The van der Waals surface area contributed by atoms with Crippen molar-refractivity contribution in [3.8, 4) is 0 Å². The molecule has 0 atom stereocenters. The Morgan fingerprint density at radius 1 is 0.750 bits per heavy atom. The summed E-state index contributed by atoms with van der Waals surface area (Å²) in [5.41, 5.74) is 0. The van der Waals surface area contributed by atoms with E-state index in [1.54, 1.807) is 0 Å². The molecule has 0 saturated carbocycles. The summed E-state index contributed by atoms with van der Waals surface area (Å²) in [5.74, 6) is -6.04. The van der Waals surface area contributed by atoms with Crippen molar-refractivity contribution in [2.24, 2.45) is 0 Å². The molecule has 0 aliphatic carbocycles. The first kappa shape index (κ1) is 15.2. The van der Waals surface area contributed by atoms with Crippen LogP contribution in [0.25, 0.3) is 0 Å². The van der Waals surface area contributed by atoms with Crippen LogP contribution in [0.15, 0.2) is 0 Å². The number of alkyl halides is 8. The van der Waals surface area contributed by atoms with E-state index in [1.807, 2.05) is 0 Å². The van der Waals surface area contributed by atoms with Gasteiger partial charge in [-0.1, -0.05) is 0 Å². The largest absolute Gasteiger partial charge is 0.460 e. The summed E-state index contributed by atoms with van der Waals surface area (Å²) < 4.78 is 79.1. The summed E-state index contributed by atoms with van der Waals surface area (Å²) >= 11 is 0.932. The number of hydrogen-bond donors (Lipinski definition) is 0. The van der Waals surface area contributed by atoms with Crippen LogP contribution in [0.2, 0.25) is 0 Å². The minimum absolute atomic E-state index is 0. The smallest absolute Gasteiger partial charge is 0.188 e. The van der Waals surface area contributed by atoms with Gasteiger partial charge < -0.3 is 0 Å². The molecular formula is C3H2BrF7Mg. The Balaban J connectivity index is 0. The van der Waals surface area contributed by atoms with Gasteiger partial charge in [0.05, 0.1) is 0 Å². The van der Waals surface area contributed by atoms with E-state index in [4.69, 9.17) is 0 Å². The molecule has 0 aromatic rings. The van der Waals surface area contributed by atoms with Gasteiger partial charge in [0, 0.05) is 0 Å². The van der Waals surface area contributed by atoms with E-state index in [1.165, 1.54) is 0 Å². The van der Waals surface area contributed by atoms with Crippen molar-refractivity contribution in [3.63, 3.8) is 0 Å². The molecule has 72 valence electrons. The summed E-state index contributed by atoms with van der Waals surface area (Å²) in [6.45, 7) is 0.